The topological polar surface area (TPSA) is 89.4 Å². The molecule has 6 heteroatoms. The van der Waals surface area contributed by atoms with E-state index in [2.05, 4.69) is 18.7 Å². The molecular weight excluding hydrogens is 274 g/mol. The van der Waals surface area contributed by atoms with E-state index in [1.54, 1.807) is 6.92 Å². The third-order valence-corrected chi connectivity index (χ3v) is 5.08. The van der Waals surface area contributed by atoms with Crippen molar-refractivity contribution in [2.45, 2.75) is 44.6 Å². The molecule has 1 fully saturated rings. The van der Waals surface area contributed by atoms with Gasteiger partial charge in [0.25, 0.3) is 0 Å². The third kappa shape index (κ3) is 2.76. The number of nitrogen functional groups attached to an aromatic ring is 1. The van der Waals surface area contributed by atoms with Crippen molar-refractivity contribution in [3.05, 3.63) is 17.7 Å². The summed E-state index contributed by atoms with van der Waals surface area (Å²) < 4.78 is 23.4. The van der Waals surface area contributed by atoms with Crippen molar-refractivity contribution >= 4 is 21.4 Å². The fraction of sp³-hybridized carbons (Fsp3) is 0.571. The van der Waals surface area contributed by atoms with Crippen molar-refractivity contribution in [3.8, 4) is 0 Å². The summed E-state index contributed by atoms with van der Waals surface area (Å²) in [5.74, 6) is 0.510. The zero-order valence-corrected chi connectivity index (χ0v) is 13.1. The van der Waals surface area contributed by atoms with Gasteiger partial charge in [0.1, 0.15) is 0 Å². The van der Waals surface area contributed by atoms with Crippen LogP contribution in [0.15, 0.2) is 17.0 Å². The molecule has 5 nitrogen and oxygen atoms in total. The Balaban J connectivity index is 2.55. The van der Waals surface area contributed by atoms with Crippen LogP contribution >= 0.6 is 0 Å². The van der Waals surface area contributed by atoms with Crippen molar-refractivity contribution < 1.29 is 8.42 Å². The first-order valence-corrected chi connectivity index (χ1v) is 8.46. The molecule has 20 heavy (non-hydrogen) atoms. The van der Waals surface area contributed by atoms with Crippen LogP contribution in [0.3, 0.4) is 0 Å². The Labute approximate surface area is 121 Å². The fourth-order valence-electron chi connectivity index (χ4n) is 3.07. The zero-order chi connectivity index (χ0) is 15.1. The number of anilines is 2. The van der Waals surface area contributed by atoms with Crippen LogP contribution in [0.4, 0.5) is 11.4 Å². The lowest BCUT2D eigenvalue weighted by Crippen LogP contribution is -2.34. The van der Waals surface area contributed by atoms with E-state index < -0.39 is 10.0 Å². The first kappa shape index (κ1) is 15.1. The zero-order valence-electron chi connectivity index (χ0n) is 12.3. The molecule has 1 saturated heterocycles. The lowest BCUT2D eigenvalue weighted by atomic mass is 10.0. The van der Waals surface area contributed by atoms with Crippen molar-refractivity contribution in [2.24, 2.45) is 11.1 Å². The molecule has 0 spiro atoms. The van der Waals surface area contributed by atoms with Gasteiger partial charge in [-0.1, -0.05) is 13.8 Å². The molecule has 0 saturated carbocycles. The Bertz CT molecular complexity index is 611. The molecule has 2 rings (SSSR count). The number of nitrogens with zero attached hydrogens (tertiary/aromatic N) is 1. The van der Waals surface area contributed by atoms with Crippen LogP contribution < -0.4 is 15.8 Å². The van der Waals surface area contributed by atoms with Gasteiger partial charge in [-0.15, -0.1) is 0 Å². The minimum Gasteiger partial charge on any atom is -0.399 e. The van der Waals surface area contributed by atoms with E-state index in [-0.39, 0.29) is 4.90 Å². The summed E-state index contributed by atoms with van der Waals surface area (Å²) in [5, 5.41) is 5.29. The second-order valence-electron chi connectivity index (χ2n) is 5.86. The molecule has 0 radical (unpaired) electrons. The predicted octanol–water partition coefficient (Wildman–Crippen LogP) is 1.85. The van der Waals surface area contributed by atoms with Gasteiger partial charge in [-0.3, -0.25) is 0 Å². The Morgan fingerprint density at radius 2 is 2.00 bits per heavy atom. The molecule has 1 aromatic rings. The molecule has 1 aliphatic heterocycles. The van der Waals surface area contributed by atoms with Crippen molar-refractivity contribution in [1.29, 1.82) is 0 Å². The molecule has 1 aromatic carbocycles. The van der Waals surface area contributed by atoms with Gasteiger partial charge >= 0.3 is 0 Å². The molecule has 1 atom stereocenters. The highest BCUT2D eigenvalue weighted by molar-refractivity contribution is 7.89. The summed E-state index contributed by atoms with van der Waals surface area (Å²) in [5.41, 5.74) is 7.88. The number of rotatable bonds is 3. The lowest BCUT2D eigenvalue weighted by molar-refractivity contribution is 0.491. The minimum absolute atomic E-state index is 0.127. The van der Waals surface area contributed by atoms with Crippen LogP contribution in [0.1, 0.15) is 32.3 Å². The van der Waals surface area contributed by atoms with Gasteiger partial charge in [-0.2, -0.15) is 0 Å². The largest absolute Gasteiger partial charge is 0.399 e. The highest BCUT2D eigenvalue weighted by Gasteiger charge is 2.29. The van der Waals surface area contributed by atoms with Gasteiger partial charge in [0.2, 0.25) is 10.0 Å². The molecular formula is C14H23N3O2S. The second kappa shape index (κ2) is 5.26. The van der Waals surface area contributed by atoms with Crippen molar-refractivity contribution in [2.75, 3.05) is 17.2 Å². The maximum Gasteiger partial charge on any atom is 0.238 e. The van der Waals surface area contributed by atoms with Crippen molar-refractivity contribution in [1.82, 2.24) is 0 Å². The van der Waals surface area contributed by atoms with E-state index >= 15 is 0 Å². The minimum atomic E-state index is -3.75. The molecule has 1 heterocycles. The van der Waals surface area contributed by atoms with Crippen LogP contribution in [-0.2, 0) is 10.0 Å². The van der Waals surface area contributed by atoms with Gasteiger partial charge in [-0.05, 0) is 43.4 Å². The average Bonchev–Trinajstić information content (AvgIpc) is 2.79. The van der Waals surface area contributed by atoms with E-state index in [4.69, 9.17) is 10.9 Å². The quantitative estimate of drug-likeness (QED) is 0.833. The van der Waals surface area contributed by atoms with Crippen LogP contribution in [-0.4, -0.2) is 21.0 Å². The first-order valence-electron chi connectivity index (χ1n) is 6.91. The van der Waals surface area contributed by atoms with Gasteiger partial charge < -0.3 is 10.6 Å². The molecule has 1 unspecified atom stereocenters. The molecule has 112 valence electrons. The van der Waals surface area contributed by atoms with Crippen LogP contribution in [0.2, 0.25) is 0 Å². The average molecular weight is 297 g/mol. The molecule has 0 aromatic heterocycles. The molecule has 4 N–H and O–H groups in total. The summed E-state index contributed by atoms with van der Waals surface area (Å²) in [6.07, 6.45) is 2.23. The third-order valence-electron chi connectivity index (χ3n) is 4.04. The smallest absolute Gasteiger partial charge is 0.238 e. The highest BCUT2D eigenvalue weighted by Crippen LogP contribution is 2.35. The molecule has 0 amide bonds. The standard InChI is InChI=1S/C14H23N3O2S/c1-9(2)12-5-4-6-17(12)13-7-11(15)8-14(10(13)3)20(16,18)19/h7-9,12H,4-6,15H2,1-3H3,(H2,16,18,19). The highest BCUT2D eigenvalue weighted by atomic mass is 32.2. The Hall–Kier alpha value is -1.27. The van der Waals surface area contributed by atoms with Crippen molar-refractivity contribution in [3.63, 3.8) is 0 Å². The summed E-state index contributed by atoms with van der Waals surface area (Å²) in [4.78, 5) is 2.40. The normalized spacial score (nSPS) is 19.9. The first-order chi connectivity index (χ1) is 9.21. The van der Waals surface area contributed by atoms with E-state index in [9.17, 15) is 8.42 Å². The molecule has 1 aliphatic rings. The number of nitrogens with two attached hydrogens (primary N) is 2. The fourth-order valence-corrected chi connectivity index (χ4v) is 3.90. The lowest BCUT2D eigenvalue weighted by Gasteiger charge is -2.31. The maximum absolute atomic E-state index is 11.7. The Morgan fingerprint density at radius 3 is 2.55 bits per heavy atom. The molecule has 0 aliphatic carbocycles. The second-order valence-corrected chi connectivity index (χ2v) is 7.39. The summed E-state index contributed by atoms with van der Waals surface area (Å²) in [6.45, 7) is 7.10. The van der Waals surface area contributed by atoms with Gasteiger partial charge in [-0.25, -0.2) is 13.6 Å². The number of hydrogen-bond acceptors (Lipinski definition) is 4. The monoisotopic (exact) mass is 297 g/mol. The van der Waals surface area contributed by atoms with E-state index in [0.717, 1.165) is 25.1 Å². The maximum atomic E-state index is 11.7. The molecule has 0 bridgehead atoms. The number of primary sulfonamides is 1. The van der Waals surface area contributed by atoms with E-state index in [1.807, 2.05) is 6.07 Å². The van der Waals surface area contributed by atoms with E-state index in [1.165, 1.54) is 6.07 Å². The summed E-state index contributed by atoms with van der Waals surface area (Å²) in [7, 11) is -3.75. The van der Waals surface area contributed by atoms with Crippen LogP contribution in [0.25, 0.3) is 0 Å². The Morgan fingerprint density at radius 1 is 1.35 bits per heavy atom. The SMILES string of the molecule is Cc1c(N2CCCC2C(C)C)cc(N)cc1S(N)(=O)=O. The number of benzene rings is 1. The summed E-state index contributed by atoms with van der Waals surface area (Å²) >= 11 is 0. The van der Waals surface area contributed by atoms with Crippen LogP contribution in [0.5, 0.6) is 0 Å². The summed E-state index contributed by atoms with van der Waals surface area (Å²) in [6, 6.07) is 3.71. The van der Waals surface area contributed by atoms with Gasteiger partial charge in [0, 0.05) is 24.0 Å². The number of hydrogen-bond donors (Lipinski definition) is 2. The number of sulfonamides is 1. The van der Waals surface area contributed by atoms with Crippen LogP contribution in [0, 0.1) is 12.8 Å². The Kier molecular flexibility index (Phi) is 3.97. The predicted molar refractivity (Wildman–Crippen MR) is 82.2 cm³/mol. The van der Waals surface area contributed by atoms with Gasteiger partial charge in [0.05, 0.1) is 4.90 Å². The van der Waals surface area contributed by atoms with Gasteiger partial charge in [0.15, 0.2) is 0 Å². The van der Waals surface area contributed by atoms with E-state index in [0.29, 0.717) is 23.2 Å².